The summed E-state index contributed by atoms with van der Waals surface area (Å²) in [6.07, 6.45) is 1.08. The number of methoxy groups -OCH3 is 1. The maximum atomic E-state index is 12.4. The highest BCUT2D eigenvalue weighted by molar-refractivity contribution is 5.77. The molecule has 0 aliphatic carbocycles. The summed E-state index contributed by atoms with van der Waals surface area (Å²) in [6, 6.07) is -0.963. The number of likely N-dealkylation sites (tertiary alicyclic amines) is 1. The number of aliphatic hydroxyl groups is 4. The highest BCUT2D eigenvalue weighted by Gasteiger charge is 2.42. The number of nitrogens with two attached hydrogens (primary N) is 1. The van der Waals surface area contributed by atoms with Crippen LogP contribution >= 0.6 is 0 Å². The molecule has 2 aliphatic rings. The minimum Gasteiger partial charge on any atom is -0.394 e. The van der Waals surface area contributed by atoms with Crippen molar-refractivity contribution in [2.75, 3.05) is 40.0 Å². The van der Waals surface area contributed by atoms with Gasteiger partial charge in [0.05, 0.1) is 31.4 Å². The van der Waals surface area contributed by atoms with E-state index in [1.54, 1.807) is 12.0 Å². The number of β-amino-alcohol motifs (C(OH)–C–C–N with tert-alkyl or cyclic N) is 1. The normalized spacial score (nSPS) is 30.5. The minimum atomic E-state index is -1.26. The van der Waals surface area contributed by atoms with Gasteiger partial charge in [0.25, 0.3) is 0 Å². The zero-order chi connectivity index (χ0) is 26.5. The van der Waals surface area contributed by atoms with Crippen LogP contribution in [-0.2, 0) is 23.8 Å². The molecule has 0 radical (unpaired) electrons. The fourth-order valence-corrected chi connectivity index (χ4v) is 4.60. The molecule has 0 bridgehead atoms. The van der Waals surface area contributed by atoms with Gasteiger partial charge in [0, 0.05) is 39.6 Å². The first-order chi connectivity index (χ1) is 17.3. The molecule has 36 heavy (non-hydrogen) atoms. The van der Waals surface area contributed by atoms with E-state index in [1.165, 1.54) is 0 Å². The van der Waals surface area contributed by atoms with Gasteiger partial charge in [-0.15, -0.1) is 0 Å². The fourth-order valence-electron chi connectivity index (χ4n) is 4.60. The highest BCUT2D eigenvalue weighted by atomic mass is 16.7. The Balaban J connectivity index is 1.45. The van der Waals surface area contributed by atoms with E-state index < -0.39 is 43.4 Å². The lowest BCUT2D eigenvalue weighted by molar-refractivity contribution is -0.265. The Morgan fingerprint density at radius 1 is 1.06 bits per heavy atom. The van der Waals surface area contributed by atoms with Crippen molar-refractivity contribution in [1.82, 2.24) is 10.2 Å². The van der Waals surface area contributed by atoms with Crippen LogP contribution in [-0.4, -0.2) is 120 Å². The van der Waals surface area contributed by atoms with Crippen molar-refractivity contribution in [1.29, 1.82) is 0 Å². The molecule has 2 saturated heterocycles. The second-order valence-corrected chi connectivity index (χ2v) is 9.67. The maximum absolute atomic E-state index is 12.4. The third kappa shape index (κ3) is 9.82. The minimum absolute atomic E-state index is 0.0130. The average Bonchev–Trinajstić information content (AvgIpc) is 3.23. The van der Waals surface area contributed by atoms with E-state index in [2.05, 4.69) is 5.32 Å². The van der Waals surface area contributed by atoms with Gasteiger partial charge in [0.1, 0.15) is 18.3 Å². The summed E-state index contributed by atoms with van der Waals surface area (Å²) in [5.74, 6) is 0.0293. The van der Waals surface area contributed by atoms with Crippen LogP contribution in [0.15, 0.2) is 0 Å². The number of nitrogens with zero attached hydrogens (tertiary/aromatic N) is 1. The van der Waals surface area contributed by atoms with Gasteiger partial charge in [0.15, 0.2) is 6.29 Å². The highest BCUT2D eigenvalue weighted by Crippen LogP contribution is 2.21. The molecule has 2 rings (SSSR count). The first kappa shape index (κ1) is 30.8. The molecule has 12 heteroatoms. The van der Waals surface area contributed by atoms with E-state index in [4.69, 9.17) is 19.9 Å². The third-order valence-corrected chi connectivity index (χ3v) is 6.72. The molecule has 2 unspecified atom stereocenters. The van der Waals surface area contributed by atoms with E-state index in [0.717, 1.165) is 25.7 Å². The predicted octanol–water partition coefficient (Wildman–Crippen LogP) is -1.39. The Morgan fingerprint density at radius 3 is 2.50 bits per heavy atom. The van der Waals surface area contributed by atoms with Crippen molar-refractivity contribution < 1.29 is 44.2 Å². The van der Waals surface area contributed by atoms with Crippen LogP contribution in [0, 0.1) is 0 Å². The Kier molecular flexibility index (Phi) is 14.1. The lowest BCUT2D eigenvalue weighted by Gasteiger charge is -2.40. The summed E-state index contributed by atoms with van der Waals surface area (Å²) >= 11 is 0. The first-order valence-electron chi connectivity index (χ1n) is 13.0. The number of aliphatic hydroxyl groups excluding tert-OH is 4. The van der Waals surface area contributed by atoms with Crippen molar-refractivity contribution in [3.8, 4) is 0 Å². The zero-order valence-corrected chi connectivity index (χ0v) is 21.3. The molecule has 2 amide bonds. The van der Waals surface area contributed by atoms with Crippen LogP contribution in [0.5, 0.6) is 0 Å². The van der Waals surface area contributed by atoms with E-state index in [9.17, 15) is 30.0 Å². The van der Waals surface area contributed by atoms with E-state index >= 15 is 0 Å². The predicted molar refractivity (Wildman–Crippen MR) is 130 cm³/mol. The Bertz CT molecular complexity index is 654. The summed E-state index contributed by atoms with van der Waals surface area (Å²) < 4.78 is 16.1. The van der Waals surface area contributed by atoms with Crippen LogP contribution in [0.25, 0.3) is 0 Å². The molecule has 0 spiro atoms. The maximum Gasteiger partial charge on any atom is 0.222 e. The second kappa shape index (κ2) is 16.5. The zero-order valence-electron chi connectivity index (χ0n) is 21.3. The summed E-state index contributed by atoms with van der Waals surface area (Å²) in [4.78, 5) is 26.1. The smallest absolute Gasteiger partial charge is 0.222 e. The molecule has 0 aromatic rings. The number of amides is 2. The number of unbranched alkanes of at least 4 members (excludes halogenated alkanes) is 4. The average molecular weight is 520 g/mol. The number of hydrogen-bond acceptors (Lipinski definition) is 10. The molecule has 210 valence electrons. The van der Waals surface area contributed by atoms with Crippen molar-refractivity contribution in [3.63, 3.8) is 0 Å². The summed E-state index contributed by atoms with van der Waals surface area (Å²) in [7, 11) is 1.59. The standard InChI is InChI=1S/C24H45N3O9/c1-34-15-16-12-17(29)13-27(16)20(31)9-5-2-6-10-26-19(30)8-4-3-7-11-35-24-21(25)23(33)22(32)18(14-28)36-24/h16-18,21-24,28-29,32-33H,2-15,25H2,1H3,(H,26,30)/t16-,17+,18?,21-,22?,23-,24+/m0/s1. The first-order valence-corrected chi connectivity index (χ1v) is 13.0. The van der Waals surface area contributed by atoms with Gasteiger partial charge in [-0.25, -0.2) is 0 Å². The lowest BCUT2D eigenvalue weighted by atomic mass is 9.98. The van der Waals surface area contributed by atoms with Crippen molar-refractivity contribution in [2.45, 2.75) is 101 Å². The van der Waals surface area contributed by atoms with Crippen LogP contribution < -0.4 is 11.1 Å². The van der Waals surface area contributed by atoms with Crippen molar-refractivity contribution in [3.05, 3.63) is 0 Å². The Hall–Kier alpha value is -1.38. The SMILES string of the molecule is COC[C@@H]1C[C@@H](O)CN1C(=O)CCCCCNC(=O)CCCCCO[C@@H]1OC(CO)C(O)[C@@H](O)[C@@H]1N. The molecule has 0 aromatic carbocycles. The van der Waals surface area contributed by atoms with Gasteiger partial charge in [0.2, 0.25) is 11.8 Å². The molecule has 7 N–H and O–H groups in total. The van der Waals surface area contributed by atoms with Gasteiger partial charge >= 0.3 is 0 Å². The quantitative estimate of drug-likeness (QED) is 0.133. The van der Waals surface area contributed by atoms with E-state index in [0.29, 0.717) is 58.4 Å². The molecule has 2 aliphatic heterocycles. The lowest BCUT2D eigenvalue weighted by Crippen LogP contribution is -2.62. The largest absolute Gasteiger partial charge is 0.394 e. The summed E-state index contributed by atoms with van der Waals surface area (Å²) in [5.41, 5.74) is 5.83. The van der Waals surface area contributed by atoms with Crippen molar-refractivity contribution in [2.24, 2.45) is 5.73 Å². The molecule has 0 aromatic heterocycles. The van der Waals surface area contributed by atoms with Crippen LogP contribution in [0.1, 0.15) is 57.8 Å². The van der Waals surface area contributed by atoms with Gasteiger partial charge in [-0.2, -0.15) is 0 Å². The number of hydrogen-bond donors (Lipinski definition) is 6. The number of carbonyl (C=O) groups excluding carboxylic acids is 2. The number of rotatable bonds is 16. The monoisotopic (exact) mass is 519 g/mol. The summed E-state index contributed by atoms with van der Waals surface area (Å²) in [6.45, 7) is 1.25. The van der Waals surface area contributed by atoms with Gasteiger partial charge < -0.3 is 50.6 Å². The van der Waals surface area contributed by atoms with Crippen LogP contribution in [0.2, 0.25) is 0 Å². The third-order valence-electron chi connectivity index (χ3n) is 6.72. The molecule has 7 atom stereocenters. The number of nitrogens with one attached hydrogen (secondary N) is 1. The second-order valence-electron chi connectivity index (χ2n) is 9.67. The number of carbonyl (C=O) groups is 2. The van der Waals surface area contributed by atoms with Gasteiger partial charge in [-0.1, -0.05) is 12.8 Å². The molecule has 0 saturated carbocycles. The van der Waals surface area contributed by atoms with Crippen LogP contribution in [0.3, 0.4) is 0 Å². The molecular weight excluding hydrogens is 474 g/mol. The van der Waals surface area contributed by atoms with Gasteiger partial charge in [-0.05, 0) is 32.1 Å². The van der Waals surface area contributed by atoms with E-state index in [1.807, 2.05) is 0 Å². The Morgan fingerprint density at radius 2 is 1.78 bits per heavy atom. The van der Waals surface area contributed by atoms with Crippen LogP contribution in [0.4, 0.5) is 0 Å². The topological polar surface area (TPSA) is 184 Å². The Labute approximate surface area is 213 Å². The molecular formula is C24H45N3O9. The molecule has 2 fully saturated rings. The number of ether oxygens (including phenoxy) is 3. The molecule has 2 heterocycles. The van der Waals surface area contributed by atoms with Gasteiger partial charge in [-0.3, -0.25) is 9.59 Å². The fraction of sp³-hybridized carbons (Fsp3) is 0.917. The summed E-state index contributed by atoms with van der Waals surface area (Å²) in [5, 5.41) is 41.6. The van der Waals surface area contributed by atoms with E-state index in [-0.39, 0.29) is 17.9 Å². The molecule has 12 nitrogen and oxygen atoms in total. The van der Waals surface area contributed by atoms with Crippen molar-refractivity contribution >= 4 is 11.8 Å².